The van der Waals surface area contributed by atoms with Crippen LogP contribution in [0.25, 0.3) is 0 Å². The molecule has 0 spiro atoms. The van der Waals surface area contributed by atoms with Gasteiger partial charge in [-0.1, -0.05) is 6.07 Å². The molecule has 0 aliphatic heterocycles. The van der Waals surface area contributed by atoms with Crippen LogP contribution in [0.1, 0.15) is 16.8 Å². The highest BCUT2D eigenvalue weighted by Gasteiger charge is 2.06. The SMILES string of the molecule is COc1ccc(CNc2cc(C)nc(NCc3ccncc3)n2)cc1OC. The van der Waals surface area contributed by atoms with E-state index in [4.69, 9.17) is 9.47 Å². The van der Waals surface area contributed by atoms with Crippen LogP contribution < -0.4 is 20.1 Å². The van der Waals surface area contributed by atoms with E-state index < -0.39 is 0 Å². The van der Waals surface area contributed by atoms with Gasteiger partial charge in [-0.2, -0.15) is 4.98 Å². The zero-order valence-electron chi connectivity index (χ0n) is 15.7. The Bertz CT molecular complexity index is 887. The number of aromatic nitrogens is 3. The quantitative estimate of drug-likeness (QED) is 0.633. The predicted octanol–water partition coefficient (Wildman–Crippen LogP) is 3.42. The molecular formula is C20H23N5O2. The van der Waals surface area contributed by atoms with Crippen molar-refractivity contribution < 1.29 is 9.47 Å². The maximum absolute atomic E-state index is 5.35. The van der Waals surface area contributed by atoms with Crippen molar-refractivity contribution in [3.63, 3.8) is 0 Å². The van der Waals surface area contributed by atoms with Crippen LogP contribution in [-0.2, 0) is 13.1 Å². The number of ether oxygens (including phenoxy) is 2. The first kappa shape index (κ1) is 18.4. The Balaban J connectivity index is 1.65. The van der Waals surface area contributed by atoms with Gasteiger partial charge in [0.2, 0.25) is 5.95 Å². The van der Waals surface area contributed by atoms with Crippen molar-refractivity contribution in [1.82, 2.24) is 15.0 Å². The van der Waals surface area contributed by atoms with Crippen LogP contribution in [0.2, 0.25) is 0 Å². The fourth-order valence-corrected chi connectivity index (χ4v) is 2.60. The lowest BCUT2D eigenvalue weighted by Crippen LogP contribution is -2.08. The molecule has 2 heterocycles. The third-order valence-corrected chi connectivity index (χ3v) is 3.98. The molecule has 3 aromatic rings. The van der Waals surface area contributed by atoms with Gasteiger partial charge in [-0.05, 0) is 42.3 Å². The number of pyridine rings is 1. The summed E-state index contributed by atoms with van der Waals surface area (Å²) >= 11 is 0. The molecule has 2 N–H and O–H groups in total. The number of nitrogens with zero attached hydrogens (tertiary/aromatic N) is 3. The molecule has 3 rings (SSSR count). The lowest BCUT2D eigenvalue weighted by Gasteiger charge is -2.12. The molecule has 27 heavy (non-hydrogen) atoms. The van der Waals surface area contributed by atoms with Crippen LogP contribution in [0.5, 0.6) is 11.5 Å². The first-order valence-electron chi connectivity index (χ1n) is 8.61. The lowest BCUT2D eigenvalue weighted by molar-refractivity contribution is 0.354. The zero-order valence-corrected chi connectivity index (χ0v) is 15.7. The summed E-state index contributed by atoms with van der Waals surface area (Å²) in [5.41, 5.74) is 3.07. The van der Waals surface area contributed by atoms with Crippen molar-refractivity contribution in [2.24, 2.45) is 0 Å². The number of anilines is 2. The summed E-state index contributed by atoms with van der Waals surface area (Å²) in [6, 6.07) is 11.7. The van der Waals surface area contributed by atoms with E-state index in [0.29, 0.717) is 30.5 Å². The van der Waals surface area contributed by atoms with Crippen LogP contribution in [0.3, 0.4) is 0 Å². The minimum absolute atomic E-state index is 0.585. The van der Waals surface area contributed by atoms with Crippen molar-refractivity contribution in [3.05, 3.63) is 65.6 Å². The number of aryl methyl sites for hydroxylation is 1. The third kappa shape index (κ3) is 5.07. The van der Waals surface area contributed by atoms with Crippen molar-refractivity contribution in [2.75, 3.05) is 24.9 Å². The van der Waals surface area contributed by atoms with Gasteiger partial charge in [0, 0.05) is 37.2 Å². The van der Waals surface area contributed by atoms with E-state index in [1.165, 1.54) is 0 Å². The maximum Gasteiger partial charge on any atom is 0.225 e. The van der Waals surface area contributed by atoms with E-state index in [0.717, 1.165) is 22.6 Å². The lowest BCUT2D eigenvalue weighted by atomic mass is 10.2. The molecule has 2 aromatic heterocycles. The van der Waals surface area contributed by atoms with Crippen LogP contribution in [0.15, 0.2) is 48.8 Å². The maximum atomic E-state index is 5.35. The van der Waals surface area contributed by atoms with E-state index in [9.17, 15) is 0 Å². The molecule has 1 aromatic carbocycles. The highest BCUT2D eigenvalue weighted by molar-refractivity contribution is 5.46. The highest BCUT2D eigenvalue weighted by atomic mass is 16.5. The Hall–Kier alpha value is -3.35. The Kier molecular flexibility index (Phi) is 6.04. The van der Waals surface area contributed by atoms with Crippen molar-refractivity contribution in [3.8, 4) is 11.5 Å². The number of hydrogen-bond donors (Lipinski definition) is 2. The van der Waals surface area contributed by atoms with Crippen LogP contribution in [-0.4, -0.2) is 29.2 Å². The molecule has 0 fully saturated rings. The molecule has 0 amide bonds. The van der Waals surface area contributed by atoms with Gasteiger partial charge in [-0.15, -0.1) is 0 Å². The third-order valence-electron chi connectivity index (χ3n) is 3.98. The summed E-state index contributed by atoms with van der Waals surface area (Å²) in [5, 5.41) is 6.58. The van der Waals surface area contributed by atoms with E-state index in [1.54, 1.807) is 26.6 Å². The van der Waals surface area contributed by atoms with Gasteiger partial charge in [0.05, 0.1) is 14.2 Å². The summed E-state index contributed by atoms with van der Waals surface area (Å²) in [6.07, 6.45) is 3.54. The first-order valence-corrected chi connectivity index (χ1v) is 8.61. The minimum atomic E-state index is 0.585. The number of rotatable bonds is 8. The van der Waals surface area contributed by atoms with Crippen LogP contribution >= 0.6 is 0 Å². The number of hydrogen-bond acceptors (Lipinski definition) is 7. The van der Waals surface area contributed by atoms with Crippen molar-refractivity contribution >= 4 is 11.8 Å². The second-order valence-corrected chi connectivity index (χ2v) is 5.97. The zero-order chi connectivity index (χ0) is 19.1. The van der Waals surface area contributed by atoms with Gasteiger partial charge in [-0.25, -0.2) is 4.98 Å². The number of methoxy groups -OCH3 is 2. The topological polar surface area (TPSA) is 81.2 Å². The summed E-state index contributed by atoms with van der Waals surface area (Å²) in [5.74, 6) is 2.76. The Morgan fingerprint density at radius 1 is 0.815 bits per heavy atom. The summed E-state index contributed by atoms with van der Waals surface area (Å²) < 4.78 is 10.6. The second kappa shape index (κ2) is 8.84. The smallest absolute Gasteiger partial charge is 0.225 e. The van der Waals surface area contributed by atoms with E-state index >= 15 is 0 Å². The molecule has 0 saturated heterocycles. The van der Waals surface area contributed by atoms with Crippen molar-refractivity contribution in [2.45, 2.75) is 20.0 Å². The second-order valence-electron chi connectivity index (χ2n) is 5.97. The Morgan fingerprint density at radius 3 is 2.30 bits per heavy atom. The molecule has 0 aliphatic rings. The van der Waals surface area contributed by atoms with E-state index in [2.05, 4.69) is 25.6 Å². The normalized spacial score (nSPS) is 10.3. The van der Waals surface area contributed by atoms with E-state index in [1.807, 2.05) is 43.3 Å². The molecule has 0 aliphatic carbocycles. The standard InChI is InChI=1S/C20H23N5O2/c1-14-10-19(22-13-16-4-5-17(26-2)18(11-16)27-3)25-20(24-14)23-12-15-6-8-21-9-7-15/h4-11H,12-13H2,1-3H3,(H2,22,23,24,25). The fraction of sp³-hybridized carbons (Fsp3) is 0.250. The molecule has 0 unspecified atom stereocenters. The molecule has 7 heteroatoms. The summed E-state index contributed by atoms with van der Waals surface area (Å²) in [7, 11) is 3.25. The number of nitrogens with one attached hydrogen (secondary N) is 2. The van der Waals surface area contributed by atoms with Gasteiger partial charge in [-0.3, -0.25) is 4.98 Å². The highest BCUT2D eigenvalue weighted by Crippen LogP contribution is 2.27. The summed E-state index contributed by atoms with van der Waals surface area (Å²) in [4.78, 5) is 13.0. The molecule has 7 nitrogen and oxygen atoms in total. The Morgan fingerprint density at radius 2 is 1.56 bits per heavy atom. The minimum Gasteiger partial charge on any atom is -0.493 e. The molecule has 0 bridgehead atoms. The molecule has 0 radical (unpaired) electrons. The van der Waals surface area contributed by atoms with Gasteiger partial charge in [0.25, 0.3) is 0 Å². The average Bonchev–Trinajstić information content (AvgIpc) is 2.71. The van der Waals surface area contributed by atoms with Crippen LogP contribution in [0, 0.1) is 6.92 Å². The molecule has 140 valence electrons. The van der Waals surface area contributed by atoms with Gasteiger partial charge in [0.15, 0.2) is 11.5 Å². The van der Waals surface area contributed by atoms with Crippen LogP contribution in [0.4, 0.5) is 11.8 Å². The summed E-state index contributed by atoms with van der Waals surface area (Å²) in [6.45, 7) is 3.20. The fourth-order valence-electron chi connectivity index (χ4n) is 2.60. The van der Waals surface area contributed by atoms with Crippen molar-refractivity contribution in [1.29, 1.82) is 0 Å². The monoisotopic (exact) mass is 365 g/mol. The molecule has 0 saturated carbocycles. The largest absolute Gasteiger partial charge is 0.493 e. The first-order chi connectivity index (χ1) is 13.2. The van der Waals surface area contributed by atoms with Gasteiger partial charge in [0.1, 0.15) is 5.82 Å². The van der Waals surface area contributed by atoms with Gasteiger partial charge < -0.3 is 20.1 Å². The Labute approximate surface area is 158 Å². The van der Waals surface area contributed by atoms with E-state index in [-0.39, 0.29) is 0 Å². The average molecular weight is 365 g/mol. The number of benzene rings is 1. The van der Waals surface area contributed by atoms with Gasteiger partial charge >= 0.3 is 0 Å². The predicted molar refractivity (Wildman–Crippen MR) is 105 cm³/mol. The molecular weight excluding hydrogens is 342 g/mol. The molecule has 0 atom stereocenters.